The van der Waals surface area contributed by atoms with Crippen LogP contribution >= 0.6 is 15.6 Å². The number of carbonyl (C=O) groups excluding carboxylic acids is 3. The van der Waals surface area contributed by atoms with E-state index in [0.29, 0.717) is 19.3 Å². The molecule has 0 aliphatic carbocycles. The third-order valence-electron chi connectivity index (χ3n) is 17.1. The molecule has 5 unspecified atom stereocenters. The number of unbranched alkanes of at least 4 members (excludes halogenated alkanes) is 25. The Balaban J connectivity index is 4.55. The molecule has 18 heteroatoms. The predicted octanol–water partition coefficient (Wildman–Crippen LogP) is 25.3. The topological polar surface area (TPSA) is 231 Å². The molecule has 0 aromatic heterocycles. The molecule has 0 aromatic rings. The van der Waals surface area contributed by atoms with E-state index in [9.17, 15) is 43.5 Å². The Morgan fingerprint density at radius 3 is 0.725 bits per heavy atom. The number of hydrogen-bond acceptors (Lipinski definition) is 14. The molecular formula is C91H150O16P2. The van der Waals surface area contributed by atoms with E-state index < -0.39 is 91.5 Å². The summed E-state index contributed by atoms with van der Waals surface area (Å²) in [6, 6.07) is 0. The van der Waals surface area contributed by atoms with E-state index in [4.69, 9.17) is 32.3 Å². The van der Waals surface area contributed by atoms with Gasteiger partial charge in [0, 0.05) is 19.3 Å². The normalized spacial score (nSPS) is 14.8. The van der Waals surface area contributed by atoms with Crippen molar-refractivity contribution in [2.24, 2.45) is 0 Å². The molecule has 0 spiro atoms. The Hall–Kier alpha value is -5.35. The molecule has 0 saturated carbocycles. The van der Waals surface area contributed by atoms with Gasteiger partial charge in [-0.3, -0.25) is 32.5 Å². The highest BCUT2D eigenvalue weighted by molar-refractivity contribution is 7.47. The van der Waals surface area contributed by atoms with Crippen LogP contribution in [0.4, 0.5) is 0 Å². The third kappa shape index (κ3) is 83.4. The Morgan fingerprint density at radius 1 is 0.257 bits per heavy atom. The molecular weight excluding hydrogens is 1410 g/mol. The lowest BCUT2D eigenvalue weighted by Crippen LogP contribution is -2.30. The largest absolute Gasteiger partial charge is 0.472 e. The van der Waals surface area contributed by atoms with Gasteiger partial charge in [0.1, 0.15) is 25.4 Å². The van der Waals surface area contributed by atoms with Crippen LogP contribution in [0.1, 0.15) is 316 Å². The van der Waals surface area contributed by atoms with Crippen LogP contribution in [-0.4, -0.2) is 95.9 Å². The molecule has 0 bridgehead atoms. The van der Waals surface area contributed by atoms with E-state index in [2.05, 4.69) is 203 Å². The second-order valence-corrected chi connectivity index (χ2v) is 30.4. The van der Waals surface area contributed by atoms with Gasteiger partial charge in [0.15, 0.2) is 6.10 Å². The number of phosphoric ester groups is 2. The molecule has 0 aromatic carbocycles. The Labute approximate surface area is 662 Å². The monoisotopic (exact) mass is 1560 g/mol. The van der Waals surface area contributed by atoms with Crippen molar-refractivity contribution >= 4 is 33.6 Å². The number of aliphatic hydroxyl groups excluding tert-OH is 2. The zero-order chi connectivity index (χ0) is 79.4. The Bertz CT molecular complexity index is 2710. The van der Waals surface area contributed by atoms with Crippen LogP contribution in [0.3, 0.4) is 0 Å². The van der Waals surface area contributed by atoms with Crippen molar-refractivity contribution in [1.29, 1.82) is 0 Å². The van der Waals surface area contributed by atoms with Crippen molar-refractivity contribution in [1.82, 2.24) is 0 Å². The first-order chi connectivity index (χ1) is 53.2. The molecule has 16 nitrogen and oxygen atoms in total. The standard InChI is InChI=1S/C91H150O16P2/c1-4-7-10-13-16-19-22-25-28-31-33-35-37-38-39-40-41-42-43-44-45-46-48-50-51-54-56-59-62-65-68-71-74-77-89(94)101-80-86(92)81-103-108(97,98)104-82-87(93)83-105-109(99,100)106-85-88(107-91(96)79-76-73-70-67-64-61-58-53-30-27-24-21-18-15-12-9-6-3)84-102-90(95)78-75-72-69-66-63-60-57-55-52-49-47-36-34-32-29-26-23-20-17-14-11-8-5-2/h7-12,16-21,25-30,33-36,38-39,41-42,49,52,57,60,86-88,92-93H,4-6,13-15,22-24,31-32,37,40,43-48,50-51,53-56,58-59,61-85H2,1-3H3,(H,97,98)(H,99,100)/b10-7-,11-8-,12-9-,19-16-,20-17-,21-18-,28-25-,29-26-,30-27-,35-33-,36-34-,39-38-,42-41-,52-49-,60-57-. The van der Waals surface area contributed by atoms with E-state index in [1.807, 2.05) is 0 Å². The van der Waals surface area contributed by atoms with E-state index in [-0.39, 0.29) is 19.3 Å². The minimum absolute atomic E-state index is 0.0814. The highest BCUT2D eigenvalue weighted by atomic mass is 31.2. The van der Waals surface area contributed by atoms with Crippen molar-refractivity contribution in [2.45, 2.75) is 334 Å². The van der Waals surface area contributed by atoms with Gasteiger partial charge in [-0.2, -0.15) is 0 Å². The maximum absolute atomic E-state index is 13.0. The van der Waals surface area contributed by atoms with Gasteiger partial charge in [0.05, 0.1) is 26.4 Å². The van der Waals surface area contributed by atoms with E-state index in [1.165, 1.54) is 64.2 Å². The van der Waals surface area contributed by atoms with Crippen LogP contribution in [0.15, 0.2) is 182 Å². The van der Waals surface area contributed by atoms with E-state index in [0.717, 1.165) is 193 Å². The SMILES string of the molecule is CC/C=C\C/C=C\C/C=C\C/C=C\C/C=C\C/C=C\CCCCCCCCCCCCCCCCC(=O)OCC(O)COP(=O)(O)OCC(O)COP(=O)(O)OCC(COC(=O)CCCCCC/C=C\C/C=C\C/C=C\C/C=C\C/C=C\C/C=C\CC)OC(=O)CCCCCCCCC/C=C\C/C=C\C/C=C\CC. The summed E-state index contributed by atoms with van der Waals surface area (Å²) in [6.07, 6.45) is 107. The van der Waals surface area contributed by atoms with Crippen molar-refractivity contribution < 1.29 is 75.8 Å². The number of ether oxygens (including phenoxy) is 3. The zero-order valence-electron chi connectivity index (χ0n) is 67.9. The number of carbonyl (C=O) groups is 3. The summed E-state index contributed by atoms with van der Waals surface area (Å²) in [7, 11) is -9.82. The number of allylic oxidation sites excluding steroid dienone is 30. The molecule has 0 rings (SSSR count). The van der Waals surface area contributed by atoms with Crippen molar-refractivity contribution in [2.75, 3.05) is 39.6 Å². The van der Waals surface area contributed by atoms with Crippen molar-refractivity contribution in [3.05, 3.63) is 182 Å². The molecule has 109 heavy (non-hydrogen) atoms. The fourth-order valence-corrected chi connectivity index (χ4v) is 12.4. The molecule has 0 fully saturated rings. The number of esters is 3. The third-order valence-corrected chi connectivity index (χ3v) is 19.0. The first-order valence-electron chi connectivity index (χ1n) is 42.1. The molecule has 620 valence electrons. The summed E-state index contributed by atoms with van der Waals surface area (Å²) < 4.78 is 61.2. The van der Waals surface area contributed by atoms with Crippen LogP contribution in [-0.2, 0) is 55.8 Å². The van der Waals surface area contributed by atoms with Gasteiger partial charge < -0.3 is 34.2 Å². The second kappa shape index (κ2) is 82.1. The lowest BCUT2D eigenvalue weighted by molar-refractivity contribution is -0.161. The Kier molecular flexibility index (Phi) is 78.1. The number of phosphoric acid groups is 2. The average Bonchev–Trinajstić information content (AvgIpc) is 0.901. The van der Waals surface area contributed by atoms with Crippen LogP contribution in [0.2, 0.25) is 0 Å². The van der Waals surface area contributed by atoms with Crippen LogP contribution in [0, 0.1) is 0 Å². The van der Waals surface area contributed by atoms with Gasteiger partial charge >= 0.3 is 33.6 Å². The summed E-state index contributed by atoms with van der Waals surface area (Å²) >= 11 is 0. The molecule has 0 saturated heterocycles. The van der Waals surface area contributed by atoms with Gasteiger partial charge in [0.25, 0.3) is 0 Å². The molecule has 0 aliphatic rings. The number of rotatable bonds is 78. The fraction of sp³-hybridized carbons (Fsp3) is 0.637. The van der Waals surface area contributed by atoms with Gasteiger partial charge in [0.2, 0.25) is 0 Å². The van der Waals surface area contributed by atoms with Gasteiger partial charge in [-0.15, -0.1) is 0 Å². The van der Waals surface area contributed by atoms with Gasteiger partial charge in [-0.05, 0) is 154 Å². The van der Waals surface area contributed by atoms with Crippen LogP contribution < -0.4 is 0 Å². The number of aliphatic hydroxyl groups is 2. The lowest BCUT2D eigenvalue weighted by atomic mass is 10.0. The zero-order valence-corrected chi connectivity index (χ0v) is 69.7. The molecule has 0 heterocycles. The minimum Gasteiger partial charge on any atom is -0.463 e. The van der Waals surface area contributed by atoms with Crippen LogP contribution in [0.5, 0.6) is 0 Å². The number of hydrogen-bond donors (Lipinski definition) is 4. The molecule has 0 amide bonds. The summed E-state index contributed by atoms with van der Waals surface area (Å²) in [6.45, 7) is 2.30. The highest BCUT2D eigenvalue weighted by Gasteiger charge is 2.29. The van der Waals surface area contributed by atoms with E-state index >= 15 is 0 Å². The molecule has 0 aliphatic heterocycles. The summed E-state index contributed by atoms with van der Waals surface area (Å²) in [5, 5.41) is 20.7. The van der Waals surface area contributed by atoms with Crippen molar-refractivity contribution in [3.8, 4) is 0 Å². The minimum atomic E-state index is -4.95. The first-order valence-corrected chi connectivity index (χ1v) is 45.1. The summed E-state index contributed by atoms with van der Waals surface area (Å²) in [5.41, 5.74) is 0. The van der Waals surface area contributed by atoms with Gasteiger partial charge in [-0.25, -0.2) is 9.13 Å². The summed E-state index contributed by atoms with van der Waals surface area (Å²) in [5.74, 6) is -1.62. The predicted molar refractivity (Wildman–Crippen MR) is 454 cm³/mol. The first kappa shape index (κ1) is 104. The second-order valence-electron chi connectivity index (χ2n) is 27.5. The fourth-order valence-electron chi connectivity index (χ4n) is 10.8. The quantitative estimate of drug-likeness (QED) is 0.0146. The van der Waals surface area contributed by atoms with Crippen molar-refractivity contribution in [3.63, 3.8) is 0 Å². The van der Waals surface area contributed by atoms with Gasteiger partial charge in [-0.1, -0.05) is 325 Å². The maximum Gasteiger partial charge on any atom is 0.472 e. The molecule has 0 radical (unpaired) electrons. The molecule has 4 N–H and O–H groups in total. The summed E-state index contributed by atoms with van der Waals surface area (Å²) in [4.78, 5) is 58.8. The average molecular weight is 1560 g/mol. The lowest BCUT2D eigenvalue weighted by Gasteiger charge is -2.21. The highest BCUT2D eigenvalue weighted by Crippen LogP contribution is 2.45. The maximum atomic E-state index is 13.0. The van der Waals surface area contributed by atoms with Crippen LogP contribution in [0.25, 0.3) is 0 Å². The Morgan fingerprint density at radius 2 is 0.459 bits per heavy atom. The smallest absolute Gasteiger partial charge is 0.463 e. The van der Waals surface area contributed by atoms with E-state index in [1.54, 1.807) is 0 Å². The molecule has 5 atom stereocenters.